The molecule has 0 spiro atoms. The quantitative estimate of drug-likeness (QED) is 0.153. The minimum atomic E-state index is 0.890. The van der Waals surface area contributed by atoms with Crippen LogP contribution in [0, 0.1) is 0 Å². The molecule has 0 saturated carbocycles. The molecule has 0 bridgehead atoms. The molecule has 0 aliphatic heterocycles. The van der Waals surface area contributed by atoms with Gasteiger partial charge in [-0.15, -0.1) is 0 Å². The van der Waals surface area contributed by atoms with E-state index in [4.69, 9.17) is 8.83 Å². The lowest BCUT2D eigenvalue weighted by Gasteiger charge is -2.29. The van der Waals surface area contributed by atoms with Crippen molar-refractivity contribution in [2.45, 2.75) is 0 Å². The molecule has 12 rings (SSSR count). The second kappa shape index (κ2) is 15.3. The van der Waals surface area contributed by atoms with E-state index in [1.807, 2.05) is 24.3 Å². The maximum atomic E-state index is 6.29. The molecule has 0 aliphatic carbocycles. The number of hydrogen-bond donors (Lipinski definition) is 0. The predicted molar refractivity (Wildman–Crippen MR) is 263 cm³/mol. The van der Waals surface area contributed by atoms with Gasteiger partial charge in [-0.2, -0.15) is 0 Å². The van der Waals surface area contributed by atoms with Gasteiger partial charge in [0.15, 0.2) is 0 Å². The summed E-state index contributed by atoms with van der Waals surface area (Å²) in [6.45, 7) is 0. The number of nitrogens with zero attached hydrogens (tertiary/aromatic N) is 1. The van der Waals surface area contributed by atoms with E-state index in [1.165, 1.54) is 22.3 Å². The Morgan fingerprint density at radius 2 is 0.714 bits per heavy atom. The number of furan rings is 2. The van der Waals surface area contributed by atoms with Crippen LogP contribution >= 0.6 is 0 Å². The normalized spacial score (nSPS) is 11.5. The molecule has 12 aromatic rings. The highest BCUT2D eigenvalue weighted by Gasteiger charge is 2.21. The van der Waals surface area contributed by atoms with Crippen molar-refractivity contribution in [3.8, 4) is 55.6 Å². The van der Waals surface area contributed by atoms with Gasteiger partial charge in [0.05, 0.1) is 5.69 Å². The van der Waals surface area contributed by atoms with E-state index in [2.05, 4.69) is 217 Å². The first-order chi connectivity index (χ1) is 31.2. The molecule has 0 fully saturated rings. The van der Waals surface area contributed by atoms with Crippen molar-refractivity contribution in [3.05, 3.63) is 237 Å². The van der Waals surface area contributed by atoms with Gasteiger partial charge in [-0.05, 0) is 111 Å². The molecule has 0 N–H and O–H groups in total. The lowest BCUT2D eigenvalue weighted by molar-refractivity contribution is 0.668. The number of anilines is 3. The molecule has 63 heavy (non-hydrogen) atoms. The minimum absolute atomic E-state index is 0.890. The average molecular weight is 806 g/mol. The fourth-order valence-electron chi connectivity index (χ4n) is 9.38. The summed E-state index contributed by atoms with van der Waals surface area (Å²) in [6, 6.07) is 84.3. The van der Waals surface area contributed by atoms with Crippen LogP contribution in [-0.2, 0) is 0 Å². The van der Waals surface area contributed by atoms with Crippen LogP contribution in [0.4, 0.5) is 17.1 Å². The fourth-order valence-corrected chi connectivity index (χ4v) is 9.38. The summed E-state index contributed by atoms with van der Waals surface area (Å²) in [7, 11) is 0. The summed E-state index contributed by atoms with van der Waals surface area (Å²) in [5, 5.41) is 4.50. The SMILES string of the molecule is c1ccc(-c2ccccc2-c2ccccc2-c2ccccc2N(c2ccc(-c3ccc4oc5ccccc5c4c3)cc2)c2ccc(-c3cccc4oc5ccccc5c34)cc2)cc1. The Balaban J connectivity index is 1.01. The van der Waals surface area contributed by atoms with E-state index in [0.29, 0.717) is 0 Å². The van der Waals surface area contributed by atoms with Crippen molar-refractivity contribution in [1.82, 2.24) is 0 Å². The molecular formula is C60H39NO2. The first-order valence-electron chi connectivity index (χ1n) is 21.4. The van der Waals surface area contributed by atoms with Crippen molar-refractivity contribution in [2.24, 2.45) is 0 Å². The van der Waals surface area contributed by atoms with Gasteiger partial charge in [0.25, 0.3) is 0 Å². The highest BCUT2D eigenvalue weighted by Crippen LogP contribution is 2.46. The van der Waals surface area contributed by atoms with Gasteiger partial charge in [0, 0.05) is 38.5 Å². The molecule has 0 saturated heterocycles. The fraction of sp³-hybridized carbons (Fsp3) is 0. The van der Waals surface area contributed by atoms with Gasteiger partial charge in [0.1, 0.15) is 22.3 Å². The van der Waals surface area contributed by atoms with Gasteiger partial charge < -0.3 is 13.7 Å². The summed E-state index contributed by atoms with van der Waals surface area (Å²) in [6.07, 6.45) is 0. The van der Waals surface area contributed by atoms with E-state index < -0.39 is 0 Å². The van der Waals surface area contributed by atoms with Crippen molar-refractivity contribution >= 4 is 60.9 Å². The third-order valence-corrected chi connectivity index (χ3v) is 12.3. The second-order valence-corrected chi connectivity index (χ2v) is 16.0. The molecule has 296 valence electrons. The van der Waals surface area contributed by atoms with E-state index >= 15 is 0 Å². The maximum absolute atomic E-state index is 6.29. The Morgan fingerprint density at radius 1 is 0.254 bits per heavy atom. The zero-order chi connectivity index (χ0) is 41.7. The molecule has 0 unspecified atom stereocenters. The Hall–Kier alpha value is -8.40. The molecule has 2 heterocycles. The Morgan fingerprint density at radius 3 is 1.44 bits per heavy atom. The van der Waals surface area contributed by atoms with Crippen LogP contribution in [0.1, 0.15) is 0 Å². The van der Waals surface area contributed by atoms with Crippen LogP contribution in [0.25, 0.3) is 99.5 Å². The third kappa shape index (κ3) is 6.38. The summed E-state index contributed by atoms with van der Waals surface area (Å²) in [5.41, 5.74) is 18.4. The molecule has 10 aromatic carbocycles. The molecule has 0 radical (unpaired) electrons. The van der Waals surface area contributed by atoms with Crippen LogP contribution in [0.15, 0.2) is 245 Å². The molecule has 0 aliphatic rings. The summed E-state index contributed by atoms with van der Waals surface area (Å²) in [4.78, 5) is 2.39. The number of para-hydroxylation sites is 3. The van der Waals surface area contributed by atoms with Crippen molar-refractivity contribution in [1.29, 1.82) is 0 Å². The lowest BCUT2D eigenvalue weighted by atomic mass is 9.88. The van der Waals surface area contributed by atoms with Crippen LogP contribution in [0.5, 0.6) is 0 Å². The van der Waals surface area contributed by atoms with E-state index in [1.54, 1.807) is 0 Å². The first kappa shape index (κ1) is 36.5. The predicted octanol–water partition coefficient (Wildman–Crippen LogP) is 17.3. The van der Waals surface area contributed by atoms with Crippen molar-refractivity contribution in [3.63, 3.8) is 0 Å². The number of hydrogen-bond acceptors (Lipinski definition) is 3. The minimum Gasteiger partial charge on any atom is -0.456 e. The van der Waals surface area contributed by atoms with Crippen LogP contribution in [-0.4, -0.2) is 0 Å². The van der Waals surface area contributed by atoms with E-state index in [9.17, 15) is 0 Å². The number of fused-ring (bicyclic) bond motifs is 6. The Labute approximate surface area is 365 Å². The molecule has 3 nitrogen and oxygen atoms in total. The van der Waals surface area contributed by atoms with Gasteiger partial charge in [-0.25, -0.2) is 0 Å². The van der Waals surface area contributed by atoms with Gasteiger partial charge in [0.2, 0.25) is 0 Å². The second-order valence-electron chi connectivity index (χ2n) is 16.0. The first-order valence-corrected chi connectivity index (χ1v) is 21.4. The smallest absolute Gasteiger partial charge is 0.136 e. The summed E-state index contributed by atoms with van der Waals surface area (Å²) >= 11 is 0. The Kier molecular flexibility index (Phi) is 8.83. The van der Waals surface area contributed by atoms with Crippen LogP contribution in [0.3, 0.4) is 0 Å². The van der Waals surface area contributed by atoms with Crippen LogP contribution < -0.4 is 4.90 Å². The standard InChI is InChI=1S/C60H39NO2/c1-2-15-41(16-3-1)46-17-4-5-18-48(46)49-19-6-7-20-50(49)51-21-8-11-25-55(51)61(44-34-29-40(30-35-44)43-33-38-58-54(39-43)52-22-9-12-26-56(52)62-58)45-36-31-42(32-37-45)47-24-14-28-59-60(47)53-23-10-13-27-57(53)63-59/h1-39H. The lowest BCUT2D eigenvalue weighted by Crippen LogP contribution is -2.11. The van der Waals surface area contributed by atoms with Gasteiger partial charge in [-0.3, -0.25) is 0 Å². The largest absolute Gasteiger partial charge is 0.456 e. The zero-order valence-electron chi connectivity index (χ0n) is 34.3. The van der Waals surface area contributed by atoms with Gasteiger partial charge in [-0.1, -0.05) is 176 Å². The monoisotopic (exact) mass is 805 g/mol. The Bertz CT molecular complexity index is 3620. The molecule has 3 heteroatoms. The summed E-state index contributed by atoms with van der Waals surface area (Å²) < 4.78 is 12.5. The van der Waals surface area contributed by atoms with Crippen LogP contribution in [0.2, 0.25) is 0 Å². The van der Waals surface area contributed by atoms with Gasteiger partial charge >= 0.3 is 0 Å². The third-order valence-electron chi connectivity index (χ3n) is 12.3. The highest BCUT2D eigenvalue weighted by molar-refractivity contribution is 6.12. The van der Waals surface area contributed by atoms with E-state index in [-0.39, 0.29) is 0 Å². The average Bonchev–Trinajstić information content (AvgIpc) is 3.93. The van der Waals surface area contributed by atoms with E-state index in [0.717, 1.165) is 94.3 Å². The molecule has 2 aromatic heterocycles. The maximum Gasteiger partial charge on any atom is 0.136 e. The molecule has 0 amide bonds. The highest BCUT2D eigenvalue weighted by atomic mass is 16.3. The van der Waals surface area contributed by atoms with Crippen molar-refractivity contribution < 1.29 is 8.83 Å². The number of rotatable bonds is 8. The topological polar surface area (TPSA) is 29.5 Å². The summed E-state index contributed by atoms with van der Waals surface area (Å²) in [5.74, 6) is 0. The van der Waals surface area contributed by atoms with Crippen molar-refractivity contribution in [2.75, 3.05) is 4.90 Å². The molecular weight excluding hydrogens is 767 g/mol. The number of benzene rings is 10. The zero-order valence-corrected chi connectivity index (χ0v) is 34.3. The molecule has 0 atom stereocenters.